The number of nitro benzene ring substituents is 1. The van der Waals surface area contributed by atoms with Gasteiger partial charge in [0.2, 0.25) is 0 Å². The van der Waals surface area contributed by atoms with Crippen LogP contribution in [0.1, 0.15) is 11.1 Å². The van der Waals surface area contributed by atoms with Gasteiger partial charge in [-0.15, -0.1) is 0 Å². The summed E-state index contributed by atoms with van der Waals surface area (Å²) in [6, 6.07) is 22.1. The number of imide groups is 1. The van der Waals surface area contributed by atoms with Gasteiger partial charge in [-0.1, -0.05) is 48.5 Å². The summed E-state index contributed by atoms with van der Waals surface area (Å²) in [5.41, 5.74) is 1.78. The Hall–Kier alpha value is -3.91. The first-order chi connectivity index (χ1) is 15.0. The van der Waals surface area contributed by atoms with Gasteiger partial charge in [0.05, 0.1) is 15.5 Å². The highest BCUT2D eigenvalue weighted by Crippen LogP contribution is 2.36. The SMILES string of the molecule is O=C1S/C(=C\c2ccccc2OCc2cccc([N+](=O)[O-])c2)C(=O)N1c1ccccc1. The van der Waals surface area contributed by atoms with Crippen LogP contribution >= 0.6 is 11.8 Å². The van der Waals surface area contributed by atoms with Crippen molar-refractivity contribution in [2.75, 3.05) is 4.90 Å². The summed E-state index contributed by atoms with van der Waals surface area (Å²) < 4.78 is 5.86. The maximum atomic E-state index is 12.8. The fraction of sp³-hybridized carbons (Fsp3) is 0.0435. The Morgan fingerprint density at radius 3 is 2.48 bits per heavy atom. The minimum Gasteiger partial charge on any atom is -0.488 e. The molecule has 0 aliphatic carbocycles. The minimum absolute atomic E-state index is 0.0102. The van der Waals surface area contributed by atoms with E-state index in [1.54, 1.807) is 66.7 Å². The van der Waals surface area contributed by atoms with Gasteiger partial charge in [0.25, 0.3) is 16.8 Å². The molecule has 0 bridgehead atoms. The Morgan fingerprint density at radius 1 is 0.968 bits per heavy atom. The van der Waals surface area contributed by atoms with Crippen LogP contribution in [0, 0.1) is 10.1 Å². The number of thioether (sulfide) groups is 1. The molecule has 0 radical (unpaired) electrons. The predicted molar refractivity (Wildman–Crippen MR) is 119 cm³/mol. The van der Waals surface area contributed by atoms with E-state index in [0.717, 1.165) is 16.7 Å². The predicted octanol–water partition coefficient (Wildman–Crippen LogP) is 5.41. The van der Waals surface area contributed by atoms with Crippen LogP contribution in [0.2, 0.25) is 0 Å². The zero-order valence-corrected chi connectivity index (χ0v) is 17.0. The van der Waals surface area contributed by atoms with E-state index in [1.807, 2.05) is 6.07 Å². The summed E-state index contributed by atoms with van der Waals surface area (Å²) in [6.45, 7) is 0.123. The average Bonchev–Trinajstić information content (AvgIpc) is 3.06. The van der Waals surface area contributed by atoms with Crippen LogP contribution in [0.5, 0.6) is 5.75 Å². The molecule has 0 unspecified atom stereocenters. The van der Waals surface area contributed by atoms with E-state index < -0.39 is 10.8 Å². The first-order valence-corrected chi connectivity index (χ1v) is 10.1. The van der Waals surface area contributed by atoms with Crippen molar-refractivity contribution < 1.29 is 19.2 Å². The van der Waals surface area contributed by atoms with Crippen molar-refractivity contribution in [1.29, 1.82) is 0 Å². The van der Waals surface area contributed by atoms with Crippen LogP contribution in [-0.2, 0) is 11.4 Å². The highest BCUT2D eigenvalue weighted by molar-refractivity contribution is 8.19. The topological polar surface area (TPSA) is 89.7 Å². The number of carbonyl (C=O) groups excluding carboxylic acids is 2. The fourth-order valence-electron chi connectivity index (χ4n) is 3.06. The number of rotatable bonds is 6. The number of para-hydroxylation sites is 2. The summed E-state index contributed by atoms with van der Waals surface area (Å²) in [7, 11) is 0. The molecule has 1 fully saturated rings. The van der Waals surface area contributed by atoms with E-state index in [9.17, 15) is 19.7 Å². The molecule has 8 heteroatoms. The number of nitrogens with zero attached hydrogens (tertiary/aromatic N) is 2. The van der Waals surface area contributed by atoms with Crippen LogP contribution in [-0.4, -0.2) is 16.1 Å². The van der Waals surface area contributed by atoms with Gasteiger partial charge in [-0.2, -0.15) is 0 Å². The molecule has 3 aromatic rings. The van der Waals surface area contributed by atoms with Crippen molar-refractivity contribution >= 4 is 40.4 Å². The molecule has 1 aliphatic heterocycles. The molecule has 31 heavy (non-hydrogen) atoms. The molecule has 1 aliphatic rings. The second kappa shape index (κ2) is 8.85. The molecule has 3 aromatic carbocycles. The van der Waals surface area contributed by atoms with Crippen molar-refractivity contribution in [3.63, 3.8) is 0 Å². The van der Waals surface area contributed by atoms with Crippen molar-refractivity contribution in [3.05, 3.63) is 105 Å². The third-order valence-electron chi connectivity index (χ3n) is 4.53. The van der Waals surface area contributed by atoms with Crippen LogP contribution in [0.25, 0.3) is 6.08 Å². The van der Waals surface area contributed by atoms with Gasteiger partial charge >= 0.3 is 0 Å². The lowest BCUT2D eigenvalue weighted by molar-refractivity contribution is -0.384. The van der Waals surface area contributed by atoms with E-state index in [2.05, 4.69) is 0 Å². The number of non-ortho nitro benzene ring substituents is 1. The third kappa shape index (κ3) is 4.49. The van der Waals surface area contributed by atoms with Gasteiger partial charge in [-0.25, -0.2) is 4.90 Å². The molecular formula is C23H16N2O5S. The van der Waals surface area contributed by atoms with Gasteiger partial charge in [0.15, 0.2) is 0 Å². The lowest BCUT2D eigenvalue weighted by Crippen LogP contribution is -2.27. The maximum absolute atomic E-state index is 12.8. The van der Waals surface area contributed by atoms with E-state index in [1.165, 1.54) is 12.1 Å². The molecule has 1 saturated heterocycles. The number of anilines is 1. The lowest BCUT2D eigenvalue weighted by Gasteiger charge is -2.12. The smallest absolute Gasteiger partial charge is 0.298 e. The molecule has 0 spiro atoms. The Labute approximate surface area is 182 Å². The number of carbonyl (C=O) groups is 2. The van der Waals surface area contributed by atoms with Crippen molar-refractivity contribution in [1.82, 2.24) is 0 Å². The van der Waals surface area contributed by atoms with Crippen LogP contribution in [0.15, 0.2) is 83.8 Å². The lowest BCUT2D eigenvalue weighted by atomic mass is 10.1. The van der Waals surface area contributed by atoms with E-state index in [-0.39, 0.29) is 17.5 Å². The Kier molecular flexibility index (Phi) is 5.81. The number of hydrogen-bond donors (Lipinski definition) is 0. The molecule has 0 N–H and O–H groups in total. The number of amides is 2. The monoisotopic (exact) mass is 432 g/mol. The molecule has 2 amide bonds. The minimum atomic E-state index is -0.458. The molecular weight excluding hydrogens is 416 g/mol. The van der Waals surface area contributed by atoms with Crippen molar-refractivity contribution in [3.8, 4) is 5.75 Å². The number of ether oxygens (including phenoxy) is 1. The quantitative estimate of drug-likeness (QED) is 0.294. The second-order valence-corrected chi connectivity index (χ2v) is 7.60. The van der Waals surface area contributed by atoms with Crippen LogP contribution in [0.3, 0.4) is 0 Å². The van der Waals surface area contributed by atoms with Gasteiger partial charge in [0, 0.05) is 17.7 Å². The maximum Gasteiger partial charge on any atom is 0.298 e. The summed E-state index contributed by atoms with van der Waals surface area (Å²) in [5, 5.41) is 10.6. The standard InChI is InChI=1S/C23H16N2O5S/c26-22-21(31-23(27)24(22)18-9-2-1-3-10-18)14-17-8-4-5-12-20(17)30-15-16-7-6-11-19(13-16)25(28)29/h1-14H,15H2/b21-14-. The highest BCUT2D eigenvalue weighted by Gasteiger charge is 2.36. The second-order valence-electron chi connectivity index (χ2n) is 6.61. The summed E-state index contributed by atoms with van der Waals surface area (Å²) in [4.78, 5) is 37.2. The highest BCUT2D eigenvalue weighted by atomic mass is 32.2. The largest absolute Gasteiger partial charge is 0.488 e. The molecule has 0 saturated carbocycles. The normalized spacial score (nSPS) is 14.8. The van der Waals surface area contributed by atoms with E-state index in [0.29, 0.717) is 27.5 Å². The Balaban J connectivity index is 1.56. The summed E-state index contributed by atoms with van der Waals surface area (Å²) >= 11 is 0.868. The Morgan fingerprint density at radius 2 is 1.71 bits per heavy atom. The van der Waals surface area contributed by atoms with E-state index >= 15 is 0 Å². The number of benzene rings is 3. The van der Waals surface area contributed by atoms with Gasteiger partial charge < -0.3 is 4.74 Å². The van der Waals surface area contributed by atoms with Crippen molar-refractivity contribution in [2.24, 2.45) is 0 Å². The van der Waals surface area contributed by atoms with Crippen LogP contribution < -0.4 is 9.64 Å². The summed E-state index contributed by atoms with van der Waals surface area (Å²) in [5.74, 6) is 0.107. The molecule has 1 heterocycles. The average molecular weight is 432 g/mol. The van der Waals surface area contributed by atoms with E-state index in [4.69, 9.17) is 4.74 Å². The van der Waals surface area contributed by atoms with Crippen molar-refractivity contribution in [2.45, 2.75) is 6.61 Å². The third-order valence-corrected chi connectivity index (χ3v) is 5.40. The number of nitro groups is 1. The summed E-state index contributed by atoms with van der Waals surface area (Å²) in [6.07, 6.45) is 1.62. The molecule has 4 rings (SSSR count). The first-order valence-electron chi connectivity index (χ1n) is 9.31. The van der Waals surface area contributed by atoms with Gasteiger partial charge in [-0.05, 0) is 41.6 Å². The number of hydrogen-bond acceptors (Lipinski definition) is 6. The first kappa shape index (κ1) is 20.4. The molecule has 154 valence electrons. The zero-order chi connectivity index (χ0) is 21.8. The molecule has 0 aromatic heterocycles. The Bertz CT molecular complexity index is 1190. The zero-order valence-electron chi connectivity index (χ0n) is 16.1. The molecule has 7 nitrogen and oxygen atoms in total. The van der Waals surface area contributed by atoms with Gasteiger partial charge in [0.1, 0.15) is 12.4 Å². The van der Waals surface area contributed by atoms with Gasteiger partial charge in [-0.3, -0.25) is 19.7 Å². The fourth-order valence-corrected chi connectivity index (χ4v) is 3.89. The molecule has 0 atom stereocenters. The van der Waals surface area contributed by atoms with Crippen LogP contribution in [0.4, 0.5) is 16.2 Å².